The summed E-state index contributed by atoms with van der Waals surface area (Å²) in [5, 5.41) is 7.88. The zero-order chi connectivity index (χ0) is 20.7. The lowest BCUT2D eigenvalue weighted by Gasteiger charge is -2.15. The fourth-order valence-electron chi connectivity index (χ4n) is 2.92. The van der Waals surface area contributed by atoms with Gasteiger partial charge in [-0.25, -0.2) is 8.42 Å². The molecule has 1 fully saturated rings. The summed E-state index contributed by atoms with van der Waals surface area (Å²) in [5.74, 6) is 0.0173. The number of amidine groups is 2. The number of benzene rings is 2. The second-order valence-electron chi connectivity index (χ2n) is 6.47. The van der Waals surface area contributed by atoms with E-state index in [-0.39, 0.29) is 11.5 Å². The Bertz CT molecular complexity index is 890. The smallest absolute Gasteiger partial charge is 0.161 e. The molecule has 0 spiro atoms. The normalized spacial score (nSPS) is 21.7. The second-order valence-corrected chi connectivity index (χ2v) is 10.2. The molecule has 154 valence electrons. The summed E-state index contributed by atoms with van der Waals surface area (Å²) in [6.45, 7) is 0. The average Bonchev–Trinajstić information content (AvgIpc) is 3.01. The summed E-state index contributed by atoms with van der Waals surface area (Å²) in [4.78, 5) is 9.41. The Morgan fingerprint density at radius 1 is 0.793 bits per heavy atom. The van der Waals surface area contributed by atoms with Crippen LogP contribution in [0, 0.1) is 0 Å². The van der Waals surface area contributed by atoms with Gasteiger partial charge < -0.3 is 10.6 Å². The number of sulfone groups is 1. The van der Waals surface area contributed by atoms with E-state index in [1.54, 1.807) is 0 Å². The molecule has 2 N–H and O–H groups in total. The lowest BCUT2D eigenvalue weighted by Crippen LogP contribution is -2.25. The minimum absolute atomic E-state index is 0.00863. The Hall–Kier alpha value is -1.97. The quantitative estimate of drug-likeness (QED) is 0.547. The molecule has 1 heterocycles. The summed E-state index contributed by atoms with van der Waals surface area (Å²) in [6.07, 6.45) is 3.83. The fraction of sp³-hybridized carbons (Fsp3) is 0.300. The van der Waals surface area contributed by atoms with E-state index < -0.39 is 21.9 Å². The summed E-state index contributed by atoms with van der Waals surface area (Å²) in [7, 11) is -3.19. The fourth-order valence-corrected chi connectivity index (χ4v) is 5.61. The predicted molar refractivity (Wildman–Crippen MR) is 128 cm³/mol. The van der Waals surface area contributed by atoms with Crippen LogP contribution < -0.4 is 10.6 Å². The van der Waals surface area contributed by atoms with Gasteiger partial charge in [-0.1, -0.05) is 59.9 Å². The van der Waals surface area contributed by atoms with Crippen molar-refractivity contribution >= 4 is 55.1 Å². The first-order valence-electron chi connectivity index (χ1n) is 9.07. The zero-order valence-corrected chi connectivity index (χ0v) is 18.7. The first kappa shape index (κ1) is 21.7. The van der Waals surface area contributed by atoms with Gasteiger partial charge >= 0.3 is 0 Å². The van der Waals surface area contributed by atoms with Crippen LogP contribution in [-0.2, 0) is 9.84 Å². The third-order valence-electron chi connectivity index (χ3n) is 4.30. The predicted octanol–water partition coefficient (Wildman–Crippen LogP) is 3.81. The Morgan fingerprint density at radius 3 is 1.52 bits per heavy atom. The van der Waals surface area contributed by atoms with Crippen molar-refractivity contribution in [3.63, 3.8) is 0 Å². The van der Waals surface area contributed by atoms with Gasteiger partial charge in [-0.2, -0.15) is 0 Å². The average molecular weight is 449 g/mol. The van der Waals surface area contributed by atoms with E-state index in [4.69, 9.17) is 9.98 Å². The molecule has 0 aromatic heterocycles. The van der Waals surface area contributed by atoms with Gasteiger partial charge in [0, 0.05) is 11.4 Å². The highest BCUT2D eigenvalue weighted by Gasteiger charge is 2.38. The van der Waals surface area contributed by atoms with Gasteiger partial charge in [-0.3, -0.25) is 9.98 Å². The van der Waals surface area contributed by atoms with Gasteiger partial charge in [0.1, 0.15) is 0 Å². The maximum Gasteiger partial charge on any atom is 0.161 e. The van der Waals surface area contributed by atoms with Crippen LogP contribution in [0.3, 0.4) is 0 Å². The summed E-state index contributed by atoms with van der Waals surface area (Å²) in [5.41, 5.74) is 1.83. The SMILES string of the molecule is CSC(=N[C@H]1CS(=O)(=O)C[C@@H]1N=C(Nc1ccccc1)SC)Nc1ccccc1. The number of hydrogen-bond donors (Lipinski definition) is 2. The van der Waals surface area contributed by atoms with E-state index in [2.05, 4.69) is 10.6 Å². The molecule has 0 saturated carbocycles. The maximum atomic E-state index is 12.3. The van der Waals surface area contributed by atoms with Gasteiger partial charge in [0.25, 0.3) is 0 Å². The van der Waals surface area contributed by atoms with Crippen LogP contribution >= 0.6 is 23.5 Å². The van der Waals surface area contributed by atoms with Gasteiger partial charge in [0.15, 0.2) is 20.2 Å². The number of para-hydroxylation sites is 2. The van der Waals surface area contributed by atoms with Gasteiger partial charge in [-0.05, 0) is 36.8 Å². The Balaban J connectivity index is 1.81. The summed E-state index contributed by atoms with van der Waals surface area (Å²) >= 11 is 2.91. The van der Waals surface area contributed by atoms with Crippen molar-refractivity contribution in [2.75, 3.05) is 34.7 Å². The molecule has 3 rings (SSSR count). The van der Waals surface area contributed by atoms with E-state index in [0.717, 1.165) is 11.4 Å². The van der Waals surface area contributed by atoms with E-state index in [0.29, 0.717) is 10.3 Å². The Morgan fingerprint density at radius 2 is 1.17 bits per heavy atom. The third kappa shape index (κ3) is 6.52. The monoisotopic (exact) mass is 448 g/mol. The highest BCUT2D eigenvalue weighted by molar-refractivity contribution is 8.13. The van der Waals surface area contributed by atoms with Crippen molar-refractivity contribution in [2.24, 2.45) is 9.98 Å². The number of anilines is 2. The van der Waals surface area contributed by atoms with Crippen LogP contribution in [0.2, 0.25) is 0 Å². The Kier molecular flexibility index (Phi) is 7.63. The highest BCUT2D eigenvalue weighted by Crippen LogP contribution is 2.23. The van der Waals surface area contributed by atoms with Crippen molar-refractivity contribution < 1.29 is 8.42 Å². The standard InChI is InChI=1S/C20H24N4O2S3/c1-27-19(21-15-9-5-3-6-10-15)23-17-13-29(25,26)14-18(17)24-20(28-2)22-16-11-7-4-8-12-16/h3-12,17-18H,13-14H2,1-2H3,(H,21,23)(H,22,24)/t17-,18-/m0/s1. The van der Waals surface area contributed by atoms with E-state index in [9.17, 15) is 8.42 Å². The number of hydrogen-bond acceptors (Lipinski definition) is 6. The minimum atomic E-state index is -3.19. The van der Waals surface area contributed by atoms with Crippen LogP contribution in [0.5, 0.6) is 0 Å². The molecule has 0 bridgehead atoms. The first-order chi connectivity index (χ1) is 14.0. The maximum absolute atomic E-state index is 12.3. The van der Waals surface area contributed by atoms with Crippen LogP contribution in [0.15, 0.2) is 70.6 Å². The molecule has 2 atom stereocenters. The van der Waals surface area contributed by atoms with Crippen LogP contribution in [0.4, 0.5) is 11.4 Å². The number of aliphatic imine (C=N–C) groups is 2. The van der Waals surface area contributed by atoms with Crippen molar-refractivity contribution in [1.82, 2.24) is 0 Å². The third-order valence-corrected chi connectivity index (χ3v) is 7.18. The molecule has 1 aliphatic heterocycles. The molecule has 0 radical (unpaired) electrons. The molecule has 0 aliphatic carbocycles. The van der Waals surface area contributed by atoms with E-state index >= 15 is 0 Å². The van der Waals surface area contributed by atoms with Gasteiger partial charge in [0.2, 0.25) is 0 Å². The molecule has 29 heavy (non-hydrogen) atoms. The minimum Gasteiger partial charge on any atom is -0.335 e. The number of nitrogens with one attached hydrogen (secondary N) is 2. The zero-order valence-electron chi connectivity index (χ0n) is 16.3. The molecule has 0 amide bonds. The summed E-state index contributed by atoms with van der Waals surface area (Å²) < 4.78 is 24.6. The van der Waals surface area contributed by atoms with Gasteiger partial charge in [0.05, 0.1) is 23.6 Å². The highest BCUT2D eigenvalue weighted by atomic mass is 32.2. The molecule has 2 aromatic carbocycles. The van der Waals surface area contributed by atoms with E-state index in [1.807, 2.05) is 73.2 Å². The number of nitrogens with zero attached hydrogens (tertiary/aromatic N) is 2. The summed E-state index contributed by atoms with van der Waals surface area (Å²) in [6, 6.07) is 18.6. The molecule has 9 heteroatoms. The molecule has 2 aromatic rings. The lowest BCUT2D eigenvalue weighted by atomic mass is 10.2. The molecule has 1 saturated heterocycles. The number of thioether (sulfide) groups is 2. The number of rotatable bonds is 4. The molecule has 1 aliphatic rings. The van der Waals surface area contributed by atoms with Crippen LogP contribution in [0.25, 0.3) is 0 Å². The Labute approximate surface area is 180 Å². The molecule has 0 unspecified atom stereocenters. The molecular formula is C20H24N4O2S3. The van der Waals surface area contributed by atoms with Crippen molar-refractivity contribution in [2.45, 2.75) is 12.1 Å². The molecular weight excluding hydrogens is 424 g/mol. The van der Waals surface area contributed by atoms with Gasteiger partial charge in [-0.15, -0.1) is 0 Å². The van der Waals surface area contributed by atoms with Crippen molar-refractivity contribution in [1.29, 1.82) is 0 Å². The topological polar surface area (TPSA) is 82.9 Å². The first-order valence-corrected chi connectivity index (χ1v) is 13.3. The van der Waals surface area contributed by atoms with E-state index in [1.165, 1.54) is 23.5 Å². The van der Waals surface area contributed by atoms with Crippen LogP contribution in [-0.4, -0.2) is 54.9 Å². The largest absolute Gasteiger partial charge is 0.335 e. The lowest BCUT2D eigenvalue weighted by molar-refractivity contribution is 0.601. The second kappa shape index (κ2) is 10.2. The molecule has 6 nitrogen and oxygen atoms in total. The van der Waals surface area contributed by atoms with Crippen LogP contribution in [0.1, 0.15) is 0 Å². The van der Waals surface area contributed by atoms with Crippen molar-refractivity contribution in [3.8, 4) is 0 Å². The van der Waals surface area contributed by atoms with Crippen molar-refractivity contribution in [3.05, 3.63) is 60.7 Å².